The maximum atomic E-state index is 13.6. The van der Waals surface area contributed by atoms with Gasteiger partial charge in [-0.3, -0.25) is 0 Å². The number of hydrogen-bond donors (Lipinski definition) is 2. The first-order chi connectivity index (χ1) is 11.2. The summed E-state index contributed by atoms with van der Waals surface area (Å²) in [5, 5.41) is 2.85. The fourth-order valence-electron chi connectivity index (χ4n) is 3.19. The van der Waals surface area contributed by atoms with Gasteiger partial charge >= 0.3 is 0 Å². The molecule has 0 amide bonds. The third-order valence-electron chi connectivity index (χ3n) is 4.43. The van der Waals surface area contributed by atoms with E-state index in [1.165, 1.54) is 11.6 Å². The van der Waals surface area contributed by atoms with E-state index in [0.717, 1.165) is 25.7 Å². The number of nitrogens with two attached hydrogens (primary N) is 1. The minimum atomic E-state index is -0.321. The molecule has 0 atom stereocenters. The lowest BCUT2D eigenvalue weighted by molar-refractivity contribution is 0.397. The van der Waals surface area contributed by atoms with E-state index >= 15 is 0 Å². The average molecular weight is 311 g/mol. The van der Waals surface area contributed by atoms with Crippen LogP contribution in [-0.4, -0.2) is 12.0 Å². The molecule has 0 radical (unpaired) electrons. The van der Waals surface area contributed by atoms with Crippen LogP contribution in [0.15, 0.2) is 59.6 Å². The Balaban J connectivity index is 1.56. The first kappa shape index (κ1) is 15.5. The standard InChI is InChI=1S/C19H22FN3/c20-17-8-4-5-9-18(17)23-19(21)22-16-12-10-15(11-13-16)14-6-2-1-3-7-14/h1-9,15-16H,10-13H2,(H3,21,22,23). The molecule has 3 rings (SSSR count). The quantitative estimate of drug-likeness (QED) is 0.656. The SMILES string of the molecule is NC(=NC1CCC(c2ccccc2)CC1)Nc1ccccc1F. The zero-order chi connectivity index (χ0) is 16.1. The van der Waals surface area contributed by atoms with Gasteiger partial charge in [-0.1, -0.05) is 42.5 Å². The van der Waals surface area contributed by atoms with Crippen LogP contribution in [0.25, 0.3) is 0 Å². The number of nitrogens with zero attached hydrogens (tertiary/aromatic N) is 1. The van der Waals surface area contributed by atoms with Crippen molar-refractivity contribution in [3.8, 4) is 0 Å². The molecule has 0 spiro atoms. The Kier molecular flexibility index (Phi) is 4.91. The Morgan fingerprint density at radius 2 is 1.61 bits per heavy atom. The van der Waals surface area contributed by atoms with E-state index in [2.05, 4.69) is 40.6 Å². The molecule has 4 heteroatoms. The molecule has 2 aromatic rings. The molecule has 0 unspecified atom stereocenters. The summed E-state index contributed by atoms with van der Waals surface area (Å²) in [5.41, 5.74) is 7.70. The molecule has 1 fully saturated rings. The van der Waals surface area contributed by atoms with E-state index < -0.39 is 0 Å². The lowest BCUT2D eigenvalue weighted by atomic mass is 9.82. The van der Waals surface area contributed by atoms with Crippen molar-refractivity contribution in [3.63, 3.8) is 0 Å². The monoisotopic (exact) mass is 311 g/mol. The molecule has 3 nitrogen and oxygen atoms in total. The van der Waals surface area contributed by atoms with Crippen LogP contribution in [0, 0.1) is 5.82 Å². The Morgan fingerprint density at radius 3 is 2.30 bits per heavy atom. The van der Waals surface area contributed by atoms with Gasteiger partial charge in [0.2, 0.25) is 0 Å². The third kappa shape index (κ3) is 4.09. The molecule has 0 saturated heterocycles. The van der Waals surface area contributed by atoms with E-state index in [4.69, 9.17) is 5.73 Å². The largest absolute Gasteiger partial charge is 0.370 e. The Bertz CT molecular complexity index is 661. The van der Waals surface area contributed by atoms with Gasteiger partial charge in [0.15, 0.2) is 5.96 Å². The smallest absolute Gasteiger partial charge is 0.193 e. The van der Waals surface area contributed by atoms with E-state index in [1.807, 2.05) is 0 Å². The number of hydrogen-bond acceptors (Lipinski definition) is 1. The topological polar surface area (TPSA) is 50.4 Å². The van der Waals surface area contributed by atoms with E-state index in [0.29, 0.717) is 17.6 Å². The first-order valence-electron chi connectivity index (χ1n) is 8.12. The van der Waals surface area contributed by atoms with Crippen molar-refractivity contribution in [2.45, 2.75) is 37.6 Å². The van der Waals surface area contributed by atoms with Crippen LogP contribution in [0.4, 0.5) is 10.1 Å². The number of halogens is 1. The molecule has 1 aliphatic carbocycles. The van der Waals surface area contributed by atoms with Crippen molar-refractivity contribution < 1.29 is 4.39 Å². The summed E-state index contributed by atoms with van der Waals surface area (Å²) in [7, 11) is 0. The molecule has 1 aliphatic rings. The molecule has 23 heavy (non-hydrogen) atoms. The van der Waals surface area contributed by atoms with Gasteiger partial charge in [-0.05, 0) is 49.3 Å². The number of aliphatic imine (C=N–C) groups is 1. The van der Waals surface area contributed by atoms with Gasteiger partial charge in [0, 0.05) is 0 Å². The minimum Gasteiger partial charge on any atom is -0.370 e. The van der Waals surface area contributed by atoms with Crippen LogP contribution in [-0.2, 0) is 0 Å². The molecule has 0 aromatic heterocycles. The van der Waals surface area contributed by atoms with Crippen LogP contribution in [0.1, 0.15) is 37.2 Å². The summed E-state index contributed by atoms with van der Waals surface area (Å²) in [6.45, 7) is 0. The van der Waals surface area contributed by atoms with Crippen LogP contribution >= 0.6 is 0 Å². The Morgan fingerprint density at radius 1 is 0.957 bits per heavy atom. The zero-order valence-electron chi connectivity index (χ0n) is 13.1. The maximum absolute atomic E-state index is 13.6. The highest BCUT2D eigenvalue weighted by Gasteiger charge is 2.22. The fourth-order valence-corrected chi connectivity index (χ4v) is 3.19. The molecule has 120 valence electrons. The van der Waals surface area contributed by atoms with Gasteiger partial charge in [0.1, 0.15) is 5.82 Å². The van der Waals surface area contributed by atoms with E-state index in [-0.39, 0.29) is 11.9 Å². The highest BCUT2D eigenvalue weighted by Crippen LogP contribution is 2.33. The normalized spacial score (nSPS) is 21.9. The highest BCUT2D eigenvalue weighted by molar-refractivity contribution is 5.92. The molecular weight excluding hydrogens is 289 g/mol. The molecule has 2 aromatic carbocycles. The molecule has 0 heterocycles. The number of benzene rings is 2. The second-order valence-electron chi connectivity index (χ2n) is 6.04. The van der Waals surface area contributed by atoms with Crippen LogP contribution in [0.3, 0.4) is 0 Å². The van der Waals surface area contributed by atoms with Gasteiger partial charge < -0.3 is 11.1 Å². The second kappa shape index (κ2) is 7.27. The average Bonchev–Trinajstić information content (AvgIpc) is 2.58. The van der Waals surface area contributed by atoms with Crippen LogP contribution in [0.5, 0.6) is 0 Å². The predicted octanol–water partition coefficient (Wildman–Crippen LogP) is 4.28. The lowest BCUT2D eigenvalue weighted by Gasteiger charge is -2.26. The molecule has 0 aliphatic heterocycles. The van der Waals surface area contributed by atoms with Crippen molar-refractivity contribution in [2.75, 3.05) is 5.32 Å². The summed E-state index contributed by atoms with van der Waals surface area (Å²) in [5.74, 6) is 0.583. The molecule has 0 bridgehead atoms. The van der Waals surface area contributed by atoms with Crippen molar-refractivity contribution in [2.24, 2.45) is 10.7 Å². The van der Waals surface area contributed by atoms with Crippen LogP contribution in [0.2, 0.25) is 0 Å². The molecule has 1 saturated carbocycles. The Labute approximate surface area is 136 Å². The number of anilines is 1. The van der Waals surface area contributed by atoms with Gasteiger partial charge in [-0.2, -0.15) is 0 Å². The number of guanidine groups is 1. The van der Waals surface area contributed by atoms with E-state index in [1.54, 1.807) is 18.2 Å². The summed E-state index contributed by atoms with van der Waals surface area (Å²) in [4.78, 5) is 4.52. The van der Waals surface area contributed by atoms with Crippen molar-refractivity contribution in [1.29, 1.82) is 0 Å². The van der Waals surface area contributed by atoms with Gasteiger partial charge in [0.25, 0.3) is 0 Å². The van der Waals surface area contributed by atoms with Crippen molar-refractivity contribution in [1.82, 2.24) is 0 Å². The van der Waals surface area contributed by atoms with Gasteiger partial charge in [-0.15, -0.1) is 0 Å². The third-order valence-corrected chi connectivity index (χ3v) is 4.43. The van der Waals surface area contributed by atoms with Gasteiger partial charge in [0.05, 0.1) is 11.7 Å². The van der Waals surface area contributed by atoms with Crippen molar-refractivity contribution in [3.05, 3.63) is 66.0 Å². The molecule has 3 N–H and O–H groups in total. The predicted molar refractivity (Wildman–Crippen MR) is 93.1 cm³/mol. The maximum Gasteiger partial charge on any atom is 0.193 e. The number of para-hydroxylation sites is 1. The highest BCUT2D eigenvalue weighted by atomic mass is 19.1. The Hall–Kier alpha value is -2.36. The summed E-state index contributed by atoms with van der Waals surface area (Å²) >= 11 is 0. The summed E-state index contributed by atoms with van der Waals surface area (Å²) in [6, 6.07) is 17.3. The van der Waals surface area contributed by atoms with E-state index in [9.17, 15) is 4.39 Å². The zero-order valence-corrected chi connectivity index (χ0v) is 13.1. The van der Waals surface area contributed by atoms with Crippen molar-refractivity contribution >= 4 is 11.6 Å². The first-order valence-corrected chi connectivity index (χ1v) is 8.12. The second-order valence-corrected chi connectivity index (χ2v) is 6.04. The minimum absolute atomic E-state index is 0.217. The number of nitrogens with one attached hydrogen (secondary N) is 1. The van der Waals surface area contributed by atoms with Gasteiger partial charge in [-0.25, -0.2) is 9.38 Å². The fraction of sp³-hybridized carbons (Fsp3) is 0.316. The number of rotatable bonds is 3. The summed E-state index contributed by atoms with van der Waals surface area (Å²) < 4.78 is 13.6. The lowest BCUT2D eigenvalue weighted by Crippen LogP contribution is -2.27. The molecular formula is C19H22FN3. The summed E-state index contributed by atoms with van der Waals surface area (Å²) in [6.07, 6.45) is 4.26. The van der Waals surface area contributed by atoms with Crippen LogP contribution < -0.4 is 11.1 Å².